The van der Waals surface area contributed by atoms with Crippen LogP contribution in [0.2, 0.25) is 0 Å². The molecule has 0 amide bonds. The highest BCUT2D eigenvalue weighted by atomic mass is 79.9. The van der Waals surface area contributed by atoms with Gasteiger partial charge in [-0.1, -0.05) is 22.0 Å². The number of aromatic nitrogens is 2. The van der Waals surface area contributed by atoms with Crippen LogP contribution < -0.4 is 0 Å². The number of carbonyl (C=O) groups excluding carboxylic acids is 1. The molecule has 0 unspecified atom stereocenters. The Morgan fingerprint density at radius 3 is 2.71 bits per heavy atom. The number of carbonyl (C=O) groups is 1. The summed E-state index contributed by atoms with van der Waals surface area (Å²) >= 11 is 3.26. The van der Waals surface area contributed by atoms with Crippen LogP contribution in [0.4, 0.5) is 8.78 Å². The van der Waals surface area contributed by atoms with Gasteiger partial charge in [0.25, 0.3) is 0 Å². The highest BCUT2D eigenvalue weighted by Gasteiger charge is 2.43. The number of esters is 1. The third kappa shape index (κ3) is 3.55. The molecule has 1 aliphatic rings. The Kier molecular flexibility index (Phi) is 4.95. The average Bonchev–Trinajstić information content (AvgIpc) is 3.40. The first kappa shape index (κ1) is 19.1. The van der Waals surface area contributed by atoms with Crippen LogP contribution in [0.25, 0.3) is 11.0 Å². The number of hydrogen-bond acceptors (Lipinski definition) is 3. The molecule has 1 aliphatic carbocycles. The summed E-state index contributed by atoms with van der Waals surface area (Å²) in [7, 11) is 1.33. The zero-order valence-electron chi connectivity index (χ0n) is 15.3. The van der Waals surface area contributed by atoms with E-state index in [-0.39, 0.29) is 17.7 Å². The monoisotopic (exact) mass is 448 g/mol. The van der Waals surface area contributed by atoms with Crippen molar-refractivity contribution in [2.24, 2.45) is 5.41 Å². The van der Waals surface area contributed by atoms with Crippen LogP contribution in [0.5, 0.6) is 0 Å². The molecule has 2 aromatic carbocycles. The van der Waals surface area contributed by atoms with E-state index >= 15 is 0 Å². The first-order valence-corrected chi connectivity index (χ1v) is 9.81. The van der Waals surface area contributed by atoms with E-state index in [1.807, 2.05) is 4.57 Å². The van der Waals surface area contributed by atoms with Crippen LogP contribution in [-0.4, -0.2) is 29.3 Å². The predicted octanol–water partition coefficient (Wildman–Crippen LogP) is 5.07. The maximum atomic E-state index is 14.4. The molecule has 0 radical (unpaired) electrons. The molecule has 0 aliphatic heterocycles. The van der Waals surface area contributed by atoms with Gasteiger partial charge in [-0.15, -0.1) is 0 Å². The van der Waals surface area contributed by atoms with Gasteiger partial charge in [0.2, 0.25) is 0 Å². The summed E-state index contributed by atoms with van der Waals surface area (Å²) in [4.78, 5) is 16.6. The molecular formula is C21H19BrF2N2O2. The lowest BCUT2D eigenvalue weighted by Crippen LogP contribution is -2.16. The van der Waals surface area contributed by atoms with E-state index in [0.717, 1.165) is 18.4 Å². The molecule has 0 bridgehead atoms. The zero-order valence-corrected chi connectivity index (χ0v) is 16.9. The number of alkyl halides is 1. The first-order valence-electron chi connectivity index (χ1n) is 9.02. The van der Waals surface area contributed by atoms with Gasteiger partial charge >= 0.3 is 5.97 Å². The minimum atomic E-state index is -0.443. The topological polar surface area (TPSA) is 44.1 Å². The van der Waals surface area contributed by atoms with Crippen molar-refractivity contribution in [2.75, 3.05) is 13.8 Å². The largest absolute Gasteiger partial charge is 0.465 e. The van der Waals surface area contributed by atoms with Gasteiger partial charge < -0.3 is 9.30 Å². The number of imidazole rings is 1. The molecule has 1 saturated carbocycles. The first-order chi connectivity index (χ1) is 13.4. The number of hydrogen-bond donors (Lipinski definition) is 0. The van der Waals surface area contributed by atoms with Gasteiger partial charge in [0, 0.05) is 22.9 Å². The van der Waals surface area contributed by atoms with E-state index in [1.165, 1.54) is 13.2 Å². The van der Waals surface area contributed by atoms with E-state index in [2.05, 4.69) is 20.9 Å². The SMILES string of the molecule is COC(=O)c1ccc2nc(Cc3ccc(Br)cc3F)n(CC3(CF)CC3)c2c1. The third-order valence-electron chi connectivity index (χ3n) is 5.35. The van der Waals surface area contributed by atoms with Gasteiger partial charge in [0.05, 0.1) is 30.4 Å². The number of rotatable bonds is 6. The molecule has 3 aromatic rings. The fraction of sp³-hybridized carbons (Fsp3) is 0.333. The molecule has 0 saturated heterocycles. The number of methoxy groups -OCH3 is 1. The fourth-order valence-corrected chi connectivity index (χ4v) is 3.74. The molecule has 4 rings (SSSR count). The molecular weight excluding hydrogens is 430 g/mol. The smallest absolute Gasteiger partial charge is 0.337 e. The molecule has 4 nitrogen and oxygen atoms in total. The Hall–Kier alpha value is -2.28. The lowest BCUT2D eigenvalue weighted by Gasteiger charge is -2.16. The summed E-state index contributed by atoms with van der Waals surface area (Å²) < 4.78 is 35.3. The van der Waals surface area contributed by atoms with Crippen molar-refractivity contribution < 1.29 is 18.3 Å². The molecule has 0 spiro atoms. The summed E-state index contributed by atoms with van der Waals surface area (Å²) in [6.45, 7) is 0.0492. The maximum Gasteiger partial charge on any atom is 0.337 e. The second kappa shape index (κ2) is 7.28. The van der Waals surface area contributed by atoms with Crippen molar-refractivity contribution in [3.8, 4) is 0 Å². The van der Waals surface area contributed by atoms with E-state index in [4.69, 9.17) is 4.74 Å². The fourth-order valence-electron chi connectivity index (χ4n) is 3.41. The third-order valence-corrected chi connectivity index (χ3v) is 5.84. The van der Waals surface area contributed by atoms with Crippen molar-refractivity contribution >= 4 is 32.9 Å². The van der Waals surface area contributed by atoms with Crippen LogP contribution >= 0.6 is 15.9 Å². The molecule has 1 aromatic heterocycles. The van der Waals surface area contributed by atoms with E-state index < -0.39 is 12.6 Å². The molecule has 0 N–H and O–H groups in total. The Morgan fingerprint density at radius 1 is 1.29 bits per heavy atom. The van der Waals surface area contributed by atoms with Crippen LogP contribution in [0.15, 0.2) is 40.9 Å². The lowest BCUT2D eigenvalue weighted by atomic mass is 10.1. The summed E-state index contributed by atoms with van der Waals surface area (Å²) in [5.74, 6) is -0.116. The lowest BCUT2D eigenvalue weighted by molar-refractivity contribution is 0.0601. The van der Waals surface area contributed by atoms with Crippen LogP contribution in [0.1, 0.15) is 34.6 Å². The predicted molar refractivity (Wildman–Crippen MR) is 106 cm³/mol. The summed E-state index contributed by atoms with van der Waals surface area (Å²) in [5, 5.41) is 0. The zero-order chi connectivity index (χ0) is 19.9. The molecule has 28 heavy (non-hydrogen) atoms. The van der Waals surface area contributed by atoms with E-state index in [1.54, 1.807) is 30.3 Å². The number of halogens is 3. The Balaban J connectivity index is 1.80. The normalized spacial score (nSPS) is 15.0. The van der Waals surface area contributed by atoms with Gasteiger partial charge in [0.15, 0.2) is 0 Å². The van der Waals surface area contributed by atoms with Crippen LogP contribution in [-0.2, 0) is 17.7 Å². The van der Waals surface area contributed by atoms with Crippen LogP contribution in [0.3, 0.4) is 0 Å². The van der Waals surface area contributed by atoms with Crippen molar-refractivity contribution in [2.45, 2.75) is 25.8 Å². The van der Waals surface area contributed by atoms with Crippen molar-refractivity contribution in [3.05, 3.63) is 63.6 Å². The molecule has 1 fully saturated rings. The molecule has 146 valence electrons. The maximum absolute atomic E-state index is 14.4. The van der Waals surface area contributed by atoms with Gasteiger partial charge in [-0.05, 0) is 48.7 Å². The summed E-state index contributed by atoms with van der Waals surface area (Å²) in [5.41, 5.74) is 1.95. The van der Waals surface area contributed by atoms with E-state index in [0.29, 0.717) is 33.5 Å². The Labute approximate surface area is 169 Å². The summed E-state index contributed by atoms with van der Waals surface area (Å²) in [6, 6.07) is 10.0. The van der Waals surface area contributed by atoms with Gasteiger partial charge in [-0.25, -0.2) is 14.2 Å². The number of nitrogens with zero attached hydrogens (tertiary/aromatic N) is 2. The second-order valence-corrected chi connectivity index (χ2v) is 8.27. The van der Waals surface area contributed by atoms with Crippen molar-refractivity contribution in [3.63, 3.8) is 0 Å². The summed E-state index contributed by atoms with van der Waals surface area (Å²) in [6.07, 6.45) is 1.90. The highest BCUT2D eigenvalue weighted by Crippen LogP contribution is 2.48. The molecule has 0 atom stereocenters. The van der Waals surface area contributed by atoms with E-state index in [9.17, 15) is 13.6 Å². The number of fused-ring (bicyclic) bond motifs is 1. The standard InChI is InChI=1S/C21H19BrF2N2O2/c1-28-20(27)14-3-5-17-18(8-14)26(12-21(11-23)6-7-21)19(25-17)9-13-2-4-15(22)10-16(13)24/h2-5,8,10H,6-7,9,11-12H2,1H3. The Bertz CT molecular complexity index is 1060. The van der Waals surface area contributed by atoms with Crippen molar-refractivity contribution in [1.29, 1.82) is 0 Å². The Morgan fingerprint density at radius 2 is 2.07 bits per heavy atom. The molecule has 1 heterocycles. The number of ether oxygens (including phenoxy) is 1. The van der Waals surface area contributed by atoms with Gasteiger partial charge in [-0.3, -0.25) is 4.39 Å². The minimum absolute atomic E-state index is 0.281. The quantitative estimate of drug-likeness (QED) is 0.494. The van der Waals surface area contributed by atoms with Crippen molar-refractivity contribution in [1.82, 2.24) is 9.55 Å². The van der Waals surface area contributed by atoms with Gasteiger partial charge in [0.1, 0.15) is 11.6 Å². The number of benzene rings is 2. The van der Waals surface area contributed by atoms with Crippen LogP contribution in [0, 0.1) is 11.2 Å². The minimum Gasteiger partial charge on any atom is -0.465 e. The highest BCUT2D eigenvalue weighted by molar-refractivity contribution is 9.10. The average molecular weight is 449 g/mol. The molecule has 7 heteroatoms. The van der Waals surface area contributed by atoms with Gasteiger partial charge in [-0.2, -0.15) is 0 Å². The second-order valence-electron chi connectivity index (χ2n) is 7.36.